The van der Waals surface area contributed by atoms with Crippen LogP contribution >= 0.6 is 0 Å². The number of piperidine rings is 1. The maximum absolute atomic E-state index is 13.6. The smallest absolute Gasteiger partial charge is 0.273 e. The van der Waals surface area contributed by atoms with Crippen LogP contribution < -0.4 is 5.73 Å². The van der Waals surface area contributed by atoms with E-state index in [2.05, 4.69) is 9.97 Å². The molecule has 0 aliphatic carbocycles. The summed E-state index contributed by atoms with van der Waals surface area (Å²) in [5.41, 5.74) is 8.89. The second-order valence-corrected chi connectivity index (χ2v) is 8.47. The van der Waals surface area contributed by atoms with Gasteiger partial charge in [-0.3, -0.25) is 4.79 Å². The van der Waals surface area contributed by atoms with Gasteiger partial charge in [-0.2, -0.15) is 0 Å². The number of aromatic nitrogens is 2. The van der Waals surface area contributed by atoms with Crippen molar-refractivity contribution in [2.24, 2.45) is 0 Å². The maximum atomic E-state index is 13.6. The van der Waals surface area contributed by atoms with Gasteiger partial charge < -0.3 is 10.6 Å². The zero-order chi connectivity index (χ0) is 20.0. The Morgan fingerprint density at radius 2 is 1.86 bits per heavy atom. The fourth-order valence-corrected chi connectivity index (χ4v) is 4.73. The molecule has 0 radical (unpaired) electrons. The van der Waals surface area contributed by atoms with Crippen LogP contribution in [0.4, 0.5) is 10.3 Å². The van der Waals surface area contributed by atoms with Crippen molar-refractivity contribution < 1.29 is 9.18 Å². The molecule has 0 saturated carbocycles. The maximum Gasteiger partial charge on any atom is 0.273 e. The Hall–Kier alpha value is -2.50. The quantitative estimate of drug-likeness (QED) is 0.864. The van der Waals surface area contributed by atoms with E-state index in [0.29, 0.717) is 17.2 Å². The second-order valence-electron chi connectivity index (χ2n) is 8.47. The van der Waals surface area contributed by atoms with Gasteiger partial charge in [-0.1, -0.05) is 26.0 Å². The van der Waals surface area contributed by atoms with E-state index < -0.39 is 0 Å². The minimum absolute atomic E-state index is 0.0442. The molecule has 0 spiro atoms. The van der Waals surface area contributed by atoms with Gasteiger partial charge >= 0.3 is 0 Å². The van der Waals surface area contributed by atoms with E-state index in [1.54, 1.807) is 19.1 Å². The Morgan fingerprint density at radius 3 is 2.46 bits per heavy atom. The number of hydrogen-bond donors (Lipinski definition) is 1. The summed E-state index contributed by atoms with van der Waals surface area (Å²) in [6, 6.07) is 7.57. The molecule has 2 aromatic rings. The Morgan fingerprint density at radius 1 is 1.18 bits per heavy atom. The number of carbonyl (C=O) groups is 1. The number of nitrogens with two attached hydrogens (primary N) is 1. The second kappa shape index (κ2) is 7.15. The van der Waals surface area contributed by atoms with Gasteiger partial charge in [0.15, 0.2) is 0 Å². The molecule has 2 aliphatic rings. The number of hydrogen-bond acceptors (Lipinski definition) is 4. The van der Waals surface area contributed by atoms with Gasteiger partial charge in [-0.15, -0.1) is 0 Å². The Labute approximate surface area is 165 Å². The van der Waals surface area contributed by atoms with Crippen LogP contribution in [0.1, 0.15) is 78.7 Å². The summed E-state index contributed by atoms with van der Waals surface area (Å²) in [7, 11) is 0. The summed E-state index contributed by atoms with van der Waals surface area (Å²) in [6.45, 7) is 5.85. The minimum atomic E-state index is -0.165. The lowest BCUT2D eigenvalue weighted by Gasteiger charge is -2.39. The number of carbonyl (C=O) groups excluding carboxylic acids is 1. The van der Waals surface area contributed by atoms with Crippen molar-refractivity contribution in [3.8, 4) is 0 Å². The molecule has 148 valence electrons. The van der Waals surface area contributed by atoms with Crippen LogP contribution in [-0.2, 0) is 0 Å². The SMILES string of the molecule is Cc1cc(C2C[C@H]3CC[C@@H](C2)N3C(=O)c2cc(C(C)C)nc(N)n2)ccc1F. The molecule has 4 rings (SSSR count). The van der Waals surface area contributed by atoms with E-state index >= 15 is 0 Å². The molecule has 1 amide bonds. The number of amides is 1. The largest absolute Gasteiger partial charge is 0.368 e. The number of rotatable bonds is 3. The molecule has 1 unspecified atom stereocenters. The molecule has 2 N–H and O–H groups in total. The molecule has 3 atom stereocenters. The van der Waals surface area contributed by atoms with E-state index in [4.69, 9.17) is 5.73 Å². The Bertz CT molecular complexity index is 899. The summed E-state index contributed by atoms with van der Waals surface area (Å²) in [4.78, 5) is 23.7. The predicted octanol–water partition coefficient (Wildman–Crippen LogP) is 4.18. The first-order valence-electron chi connectivity index (χ1n) is 10.1. The van der Waals surface area contributed by atoms with Crippen LogP contribution in [0.25, 0.3) is 0 Å². The summed E-state index contributed by atoms with van der Waals surface area (Å²) < 4.78 is 13.6. The minimum Gasteiger partial charge on any atom is -0.368 e. The van der Waals surface area contributed by atoms with E-state index in [1.807, 2.05) is 30.9 Å². The zero-order valence-corrected chi connectivity index (χ0v) is 16.7. The number of benzene rings is 1. The molecule has 6 heteroatoms. The van der Waals surface area contributed by atoms with Crippen molar-refractivity contribution in [2.45, 2.75) is 70.4 Å². The van der Waals surface area contributed by atoms with Gasteiger partial charge in [0, 0.05) is 17.8 Å². The molecule has 1 aromatic carbocycles. The van der Waals surface area contributed by atoms with E-state index in [9.17, 15) is 9.18 Å². The number of nitrogen functional groups attached to an aromatic ring is 1. The average molecular weight is 382 g/mol. The fourth-order valence-electron chi connectivity index (χ4n) is 4.73. The van der Waals surface area contributed by atoms with Gasteiger partial charge in [0.1, 0.15) is 11.5 Å². The van der Waals surface area contributed by atoms with Gasteiger partial charge in [0.25, 0.3) is 5.91 Å². The summed E-state index contributed by atoms with van der Waals surface area (Å²) >= 11 is 0. The van der Waals surface area contributed by atoms with Crippen LogP contribution in [0.15, 0.2) is 24.3 Å². The number of fused-ring (bicyclic) bond motifs is 2. The van der Waals surface area contributed by atoms with Gasteiger partial charge in [0.2, 0.25) is 5.95 Å². The summed E-state index contributed by atoms with van der Waals surface area (Å²) in [6.07, 6.45) is 3.82. The fraction of sp³-hybridized carbons (Fsp3) is 0.500. The molecular weight excluding hydrogens is 355 g/mol. The van der Waals surface area contributed by atoms with Crippen molar-refractivity contribution in [3.63, 3.8) is 0 Å². The molecule has 5 nitrogen and oxygen atoms in total. The molecule has 2 bridgehead atoms. The molecule has 3 heterocycles. The number of nitrogens with zero attached hydrogens (tertiary/aromatic N) is 3. The van der Waals surface area contributed by atoms with E-state index in [1.165, 1.54) is 5.56 Å². The van der Waals surface area contributed by atoms with Gasteiger partial charge in [-0.25, -0.2) is 14.4 Å². The number of halogens is 1. The molecule has 2 fully saturated rings. The molecule has 2 saturated heterocycles. The highest BCUT2D eigenvalue weighted by molar-refractivity contribution is 5.93. The van der Waals surface area contributed by atoms with Gasteiger partial charge in [-0.05, 0) is 67.7 Å². The lowest BCUT2D eigenvalue weighted by Crippen LogP contribution is -2.46. The zero-order valence-electron chi connectivity index (χ0n) is 16.7. The summed E-state index contributed by atoms with van der Waals surface area (Å²) in [5.74, 6) is 0.487. The highest BCUT2D eigenvalue weighted by atomic mass is 19.1. The van der Waals surface area contributed by atoms with Crippen molar-refractivity contribution in [1.29, 1.82) is 0 Å². The van der Waals surface area contributed by atoms with Crippen molar-refractivity contribution >= 4 is 11.9 Å². The third-order valence-electron chi connectivity index (χ3n) is 6.19. The van der Waals surface area contributed by atoms with Crippen molar-refractivity contribution in [2.75, 3.05) is 5.73 Å². The van der Waals surface area contributed by atoms with Gasteiger partial charge in [0.05, 0.1) is 0 Å². The van der Waals surface area contributed by atoms with Crippen molar-refractivity contribution in [3.05, 3.63) is 52.6 Å². The summed E-state index contributed by atoms with van der Waals surface area (Å²) in [5, 5.41) is 0. The van der Waals surface area contributed by atoms with Crippen LogP contribution in [-0.4, -0.2) is 32.9 Å². The van der Waals surface area contributed by atoms with Crippen LogP contribution in [0, 0.1) is 12.7 Å². The van der Waals surface area contributed by atoms with Crippen LogP contribution in [0.3, 0.4) is 0 Å². The predicted molar refractivity (Wildman–Crippen MR) is 107 cm³/mol. The van der Waals surface area contributed by atoms with Crippen molar-refractivity contribution in [1.82, 2.24) is 14.9 Å². The monoisotopic (exact) mass is 382 g/mol. The molecule has 28 heavy (non-hydrogen) atoms. The normalized spacial score (nSPS) is 24.0. The molecule has 2 aliphatic heterocycles. The first-order valence-corrected chi connectivity index (χ1v) is 10.1. The Kier molecular flexibility index (Phi) is 4.81. The highest BCUT2D eigenvalue weighted by Gasteiger charge is 2.44. The van der Waals surface area contributed by atoms with Crippen LogP contribution in [0.2, 0.25) is 0 Å². The third kappa shape index (κ3) is 3.36. The average Bonchev–Trinajstić information content (AvgIpc) is 2.92. The van der Waals surface area contributed by atoms with Crippen LogP contribution in [0.5, 0.6) is 0 Å². The third-order valence-corrected chi connectivity index (χ3v) is 6.19. The first-order chi connectivity index (χ1) is 13.3. The van der Waals surface area contributed by atoms with E-state index in [-0.39, 0.29) is 35.7 Å². The topological polar surface area (TPSA) is 72.1 Å². The Balaban J connectivity index is 1.57. The lowest BCUT2D eigenvalue weighted by atomic mass is 9.84. The highest BCUT2D eigenvalue weighted by Crippen LogP contribution is 2.43. The first kappa shape index (κ1) is 18.8. The molecular formula is C22H27FN4O. The number of aryl methyl sites for hydroxylation is 1. The standard InChI is InChI=1S/C22H27FN4O/c1-12(2)19-11-20(26-22(24)25-19)21(28)27-16-5-6-17(27)10-15(9-16)14-4-7-18(23)13(3)8-14/h4,7-8,11-12,15-17H,5-6,9-10H2,1-3H3,(H2,24,25,26)/t15?,16-,17+. The lowest BCUT2D eigenvalue weighted by molar-refractivity contribution is 0.0565. The van der Waals surface area contributed by atoms with E-state index in [0.717, 1.165) is 31.4 Å². The molecule has 1 aromatic heterocycles. The number of anilines is 1.